The highest BCUT2D eigenvalue weighted by atomic mass is 32.1. The van der Waals surface area contributed by atoms with Crippen molar-refractivity contribution in [1.82, 2.24) is 19.8 Å². The molecule has 0 radical (unpaired) electrons. The van der Waals surface area contributed by atoms with E-state index in [1.54, 1.807) is 11.3 Å². The molecule has 3 aromatic rings. The van der Waals surface area contributed by atoms with E-state index in [0.29, 0.717) is 12.0 Å². The van der Waals surface area contributed by atoms with E-state index in [1.807, 2.05) is 6.92 Å². The molecule has 154 valence electrons. The Hall–Kier alpha value is -2.02. The van der Waals surface area contributed by atoms with Gasteiger partial charge in [0.2, 0.25) is 0 Å². The summed E-state index contributed by atoms with van der Waals surface area (Å²) in [5, 5.41) is 7.07. The predicted molar refractivity (Wildman–Crippen MR) is 124 cm³/mol. The second kappa shape index (κ2) is 8.78. The van der Waals surface area contributed by atoms with E-state index in [1.165, 1.54) is 11.1 Å². The minimum absolute atomic E-state index is 0.493. The number of rotatable bonds is 6. The Kier molecular flexibility index (Phi) is 6.13. The van der Waals surface area contributed by atoms with Crippen molar-refractivity contribution < 1.29 is 0 Å². The fourth-order valence-corrected chi connectivity index (χ4v) is 5.14. The molecule has 1 aromatic carbocycles. The van der Waals surface area contributed by atoms with E-state index in [9.17, 15) is 0 Å². The summed E-state index contributed by atoms with van der Waals surface area (Å²) in [6, 6.07) is 11.0. The molecule has 1 unspecified atom stereocenters. The third-order valence-corrected chi connectivity index (χ3v) is 6.76. The van der Waals surface area contributed by atoms with Crippen LogP contribution in [0.4, 0.5) is 5.82 Å². The van der Waals surface area contributed by atoms with Gasteiger partial charge in [-0.3, -0.25) is 4.90 Å². The summed E-state index contributed by atoms with van der Waals surface area (Å²) >= 11 is 1.70. The summed E-state index contributed by atoms with van der Waals surface area (Å²) in [6.45, 7) is 12.1. The van der Waals surface area contributed by atoms with Crippen LogP contribution >= 0.6 is 11.3 Å². The lowest BCUT2D eigenvalue weighted by molar-refractivity contribution is 0.0944. The van der Waals surface area contributed by atoms with Gasteiger partial charge in [-0.15, -0.1) is 11.3 Å². The van der Waals surface area contributed by atoms with E-state index >= 15 is 0 Å². The quantitative estimate of drug-likeness (QED) is 0.656. The van der Waals surface area contributed by atoms with E-state index in [2.05, 4.69) is 71.7 Å². The largest absolute Gasteiger partial charge is 0.368 e. The van der Waals surface area contributed by atoms with Crippen LogP contribution in [-0.2, 0) is 0 Å². The molecule has 29 heavy (non-hydrogen) atoms. The molecule has 6 heteroatoms. The zero-order valence-corrected chi connectivity index (χ0v) is 18.7. The van der Waals surface area contributed by atoms with E-state index in [4.69, 9.17) is 9.97 Å². The molecule has 1 N–H and O–H groups in total. The molecular weight excluding hydrogens is 378 g/mol. The summed E-state index contributed by atoms with van der Waals surface area (Å²) in [7, 11) is 2.21. The molecule has 0 saturated carbocycles. The number of aromatic nitrogens is 2. The lowest BCUT2D eigenvalue weighted by Crippen LogP contribution is -2.52. The highest BCUT2D eigenvalue weighted by Gasteiger charge is 2.25. The Morgan fingerprint density at radius 3 is 2.48 bits per heavy atom. The molecule has 1 saturated heterocycles. The Morgan fingerprint density at radius 1 is 1.07 bits per heavy atom. The predicted octanol–water partition coefficient (Wildman–Crippen LogP) is 4.35. The molecule has 0 spiro atoms. The number of nitrogens with zero attached hydrogens (tertiary/aromatic N) is 4. The first kappa shape index (κ1) is 20.3. The molecule has 4 rings (SSSR count). The van der Waals surface area contributed by atoms with Gasteiger partial charge in [-0.25, -0.2) is 9.97 Å². The standard InChI is InChI=1S/C23H31N5S/c1-16(2)20(28-12-10-27(4)11-13-28)14-24-22-21-19(18-8-6-5-7-9-18)15-29-23(21)26-17(3)25-22/h5-9,15-16,20H,10-14H2,1-4H3,(H,24,25,26). The zero-order chi connectivity index (χ0) is 20.4. The molecular formula is C23H31N5S. The van der Waals surface area contributed by atoms with E-state index in [-0.39, 0.29) is 0 Å². The van der Waals surface area contributed by atoms with Gasteiger partial charge in [0.05, 0.1) is 5.39 Å². The highest BCUT2D eigenvalue weighted by molar-refractivity contribution is 7.17. The van der Waals surface area contributed by atoms with Crippen LogP contribution in [0.25, 0.3) is 21.3 Å². The first-order valence-corrected chi connectivity index (χ1v) is 11.4. The summed E-state index contributed by atoms with van der Waals surface area (Å²) in [4.78, 5) is 15.6. The summed E-state index contributed by atoms with van der Waals surface area (Å²) in [5.41, 5.74) is 2.43. The first-order valence-electron chi connectivity index (χ1n) is 10.5. The number of nitrogens with one attached hydrogen (secondary N) is 1. The molecule has 0 aliphatic carbocycles. The van der Waals surface area contributed by atoms with Gasteiger partial charge in [0.15, 0.2) is 0 Å². The Balaban J connectivity index is 1.62. The smallest absolute Gasteiger partial charge is 0.139 e. The Morgan fingerprint density at radius 2 is 1.79 bits per heavy atom. The molecule has 2 aromatic heterocycles. The Labute approximate surface area is 177 Å². The lowest BCUT2D eigenvalue weighted by Gasteiger charge is -2.40. The number of thiophene rings is 1. The van der Waals surface area contributed by atoms with Crippen LogP contribution in [0.15, 0.2) is 35.7 Å². The van der Waals surface area contributed by atoms with Crippen molar-refractivity contribution in [2.45, 2.75) is 26.8 Å². The van der Waals surface area contributed by atoms with Gasteiger partial charge in [-0.1, -0.05) is 44.2 Å². The summed E-state index contributed by atoms with van der Waals surface area (Å²) < 4.78 is 0. The van der Waals surface area contributed by atoms with Crippen LogP contribution in [0.1, 0.15) is 19.7 Å². The normalized spacial score (nSPS) is 17.1. The second-order valence-corrected chi connectivity index (χ2v) is 9.20. The number of benzene rings is 1. The second-order valence-electron chi connectivity index (χ2n) is 8.35. The van der Waals surface area contributed by atoms with Gasteiger partial charge < -0.3 is 10.2 Å². The molecule has 1 aliphatic heterocycles. The molecule has 1 fully saturated rings. The van der Waals surface area contributed by atoms with Crippen LogP contribution in [0.3, 0.4) is 0 Å². The zero-order valence-electron chi connectivity index (χ0n) is 17.9. The molecule has 0 bridgehead atoms. The fourth-order valence-electron chi connectivity index (χ4n) is 4.15. The molecule has 1 atom stereocenters. The number of anilines is 1. The number of fused-ring (bicyclic) bond motifs is 1. The van der Waals surface area contributed by atoms with Gasteiger partial charge in [0.1, 0.15) is 16.5 Å². The maximum absolute atomic E-state index is 4.81. The van der Waals surface area contributed by atoms with E-state index < -0.39 is 0 Å². The molecule has 3 heterocycles. The average molecular weight is 410 g/mol. The topological polar surface area (TPSA) is 44.3 Å². The number of hydrogen-bond acceptors (Lipinski definition) is 6. The average Bonchev–Trinajstić information content (AvgIpc) is 3.13. The number of piperazine rings is 1. The van der Waals surface area contributed by atoms with Gasteiger partial charge in [-0.05, 0) is 25.5 Å². The lowest BCUT2D eigenvalue weighted by atomic mass is 10.0. The minimum Gasteiger partial charge on any atom is -0.368 e. The van der Waals surface area contributed by atoms with Crippen LogP contribution in [0, 0.1) is 12.8 Å². The SMILES string of the molecule is Cc1nc(NCC(C(C)C)N2CCN(C)CC2)c2c(-c3ccccc3)csc2n1. The summed E-state index contributed by atoms with van der Waals surface area (Å²) in [5.74, 6) is 2.37. The fraction of sp³-hybridized carbons (Fsp3) is 0.478. The third kappa shape index (κ3) is 4.44. The third-order valence-electron chi connectivity index (χ3n) is 5.89. The monoisotopic (exact) mass is 409 g/mol. The van der Waals surface area contributed by atoms with Crippen LogP contribution in [-0.4, -0.2) is 65.6 Å². The van der Waals surface area contributed by atoms with Gasteiger partial charge >= 0.3 is 0 Å². The van der Waals surface area contributed by atoms with Gasteiger partial charge in [-0.2, -0.15) is 0 Å². The van der Waals surface area contributed by atoms with Crippen molar-refractivity contribution in [3.63, 3.8) is 0 Å². The molecule has 1 aliphatic rings. The van der Waals surface area contributed by atoms with Crippen LogP contribution in [0.2, 0.25) is 0 Å². The number of aryl methyl sites for hydroxylation is 1. The van der Waals surface area contributed by atoms with Crippen LogP contribution < -0.4 is 5.32 Å². The molecule has 0 amide bonds. The highest BCUT2D eigenvalue weighted by Crippen LogP contribution is 2.37. The Bertz CT molecular complexity index is 945. The van der Waals surface area contributed by atoms with Gasteiger partial charge in [0, 0.05) is 49.7 Å². The van der Waals surface area contributed by atoms with Crippen molar-refractivity contribution in [3.05, 3.63) is 41.5 Å². The number of likely N-dealkylation sites (N-methyl/N-ethyl adjacent to an activating group) is 1. The maximum atomic E-state index is 4.81. The van der Waals surface area contributed by atoms with Crippen molar-refractivity contribution in [2.24, 2.45) is 5.92 Å². The summed E-state index contributed by atoms with van der Waals surface area (Å²) in [6.07, 6.45) is 0. The van der Waals surface area contributed by atoms with Crippen molar-refractivity contribution in [1.29, 1.82) is 0 Å². The maximum Gasteiger partial charge on any atom is 0.139 e. The van der Waals surface area contributed by atoms with Gasteiger partial charge in [0.25, 0.3) is 0 Å². The number of hydrogen-bond donors (Lipinski definition) is 1. The van der Waals surface area contributed by atoms with Crippen molar-refractivity contribution in [2.75, 3.05) is 45.1 Å². The van der Waals surface area contributed by atoms with E-state index in [0.717, 1.165) is 54.6 Å². The van der Waals surface area contributed by atoms with Crippen molar-refractivity contribution >= 4 is 27.4 Å². The first-order chi connectivity index (χ1) is 14.0. The van der Waals surface area contributed by atoms with Crippen molar-refractivity contribution in [3.8, 4) is 11.1 Å². The molecule has 5 nitrogen and oxygen atoms in total. The minimum atomic E-state index is 0.493. The van der Waals surface area contributed by atoms with Crippen LogP contribution in [0.5, 0.6) is 0 Å².